The summed E-state index contributed by atoms with van der Waals surface area (Å²) in [5.74, 6) is 0.415. The maximum absolute atomic E-state index is 11.8. The number of ether oxygens (including phenoxy) is 1. The summed E-state index contributed by atoms with van der Waals surface area (Å²) in [7, 11) is 0. The van der Waals surface area contributed by atoms with Crippen molar-refractivity contribution in [2.24, 2.45) is 10.7 Å². The van der Waals surface area contributed by atoms with Crippen LogP contribution in [-0.4, -0.2) is 55.7 Å². The molecule has 1 amide bonds. The van der Waals surface area contributed by atoms with Crippen LogP contribution in [0, 0.1) is 0 Å². The van der Waals surface area contributed by atoms with Gasteiger partial charge in [0.2, 0.25) is 5.91 Å². The van der Waals surface area contributed by atoms with Gasteiger partial charge in [0.1, 0.15) is 6.54 Å². The average Bonchev–Trinajstić information content (AvgIpc) is 2.90. The van der Waals surface area contributed by atoms with Crippen LogP contribution in [0.3, 0.4) is 0 Å². The highest BCUT2D eigenvalue weighted by molar-refractivity contribution is 5.84. The second kappa shape index (κ2) is 6.58. The maximum Gasteiger partial charge on any atom is 0.244 e. The Morgan fingerprint density at radius 3 is 2.67 bits per heavy atom. The van der Waals surface area contributed by atoms with Gasteiger partial charge in [-0.25, -0.2) is 4.99 Å². The summed E-state index contributed by atoms with van der Waals surface area (Å²) in [5.41, 5.74) is 5.77. The Morgan fingerprint density at radius 2 is 2.00 bits per heavy atom. The molecule has 0 atom stereocenters. The molecule has 1 saturated heterocycles. The fourth-order valence-electron chi connectivity index (χ4n) is 2.39. The van der Waals surface area contributed by atoms with E-state index in [0.717, 1.165) is 12.8 Å². The van der Waals surface area contributed by atoms with Crippen molar-refractivity contribution in [3.05, 3.63) is 0 Å². The van der Waals surface area contributed by atoms with Crippen LogP contribution in [0.1, 0.15) is 25.7 Å². The Bertz CT molecular complexity index is 307. The molecule has 1 heterocycles. The van der Waals surface area contributed by atoms with Crippen LogP contribution >= 0.6 is 0 Å². The summed E-state index contributed by atoms with van der Waals surface area (Å²) in [6.07, 6.45) is 4.79. The van der Waals surface area contributed by atoms with Crippen LogP contribution in [0.2, 0.25) is 0 Å². The van der Waals surface area contributed by atoms with Gasteiger partial charge in [-0.2, -0.15) is 0 Å². The van der Waals surface area contributed by atoms with Crippen molar-refractivity contribution >= 4 is 11.9 Å². The fourth-order valence-corrected chi connectivity index (χ4v) is 2.39. The van der Waals surface area contributed by atoms with Crippen LogP contribution < -0.4 is 11.1 Å². The number of morpholine rings is 1. The van der Waals surface area contributed by atoms with E-state index < -0.39 is 0 Å². The number of hydrogen-bond donors (Lipinski definition) is 2. The lowest BCUT2D eigenvalue weighted by molar-refractivity contribution is -0.133. The van der Waals surface area contributed by atoms with E-state index in [1.165, 1.54) is 12.8 Å². The Labute approximate surface area is 108 Å². The number of nitrogens with one attached hydrogen (secondary N) is 1. The maximum atomic E-state index is 11.8. The normalized spacial score (nSPS) is 22.2. The molecule has 0 aromatic carbocycles. The van der Waals surface area contributed by atoms with E-state index in [-0.39, 0.29) is 12.5 Å². The lowest BCUT2D eigenvalue weighted by Crippen LogP contribution is -2.43. The highest BCUT2D eigenvalue weighted by Crippen LogP contribution is 2.17. The van der Waals surface area contributed by atoms with E-state index in [1.54, 1.807) is 4.90 Å². The topological polar surface area (TPSA) is 80.0 Å². The van der Waals surface area contributed by atoms with E-state index in [1.807, 2.05) is 0 Å². The van der Waals surface area contributed by atoms with Gasteiger partial charge in [0, 0.05) is 19.1 Å². The predicted molar refractivity (Wildman–Crippen MR) is 69.3 cm³/mol. The standard InChI is InChI=1S/C12H22N4O2/c13-12(15-10-3-1-2-4-10)14-9-11(17)16-5-7-18-8-6-16/h10H,1-9H2,(H3,13,14,15). The van der Waals surface area contributed by atoms with Crippen LogP contribution in [0.25, 0.3) is 0 Å². The van der Waals surface area contributed by atoms with E-state index in [2.05, 4.69) is 10.3 Å². The number of hydrogen-bond acceptors (Lipinski definition) is 3. The molecule has 6 heteroatoms. The Balaban J connectivity index is 1.72. The number of carbonyl (C=O) groups is 1. The van der Waals surface area contributed by atoms with Crippen molar-refractivity contribution in [3.63, 3.8) is 0 Å². The summed E-state index contributed by atoms with van der Waals surface area (Å²) in [6, 6.07) is 0.437. The summed E-state index contributed by atoms with van der Waals surface area (Å²) >= 11 is 0. The second-order valence-corrected chi connectivity index (χ2v) is 4.82. The molecule has 2 fully saturated rings. The van der Waals surface area contributed by atoms with E-state index in [4.69, 9.17) is 10.5 Å². The van der Waals surface area contributed by atoms with E-state index in [9.17, 15) is 4.79 Å². The molecule has 6 nitrogen and oxygen atoms in total. The number of aliphatic imine (C=N–C) groups is 1. The minimum Gasteiger partial charge on any atom is -0.378 e. The van der Waals surface area contributed by atoms with E-state index >= 15 is 0 Å². The highest BCUT2D eigenvalue weighted by atomic mass is 16.5. The first-order valence-corrected chi connectivity index (χ1v) is 6.67. The van der Waals surface area contributed by atoms with Crippen molar-refractivity contribution in [3.8, 4) is 0 Å². The average molecular weight is 254 g/mol. The van der Waals surface area contributed by atoms with Gasteiger partial charge >= 0.3 is 0 Å². The molecule has 0 bridgehead atoms. The number of rotatable bonds is 3. The molecule has 1 saturated carbocycles. The summed E-state index contributed by atoms with van der Waals surface area (Å²) < 4.78 is 5.20. The van der Waals surface area contributed by atoms with Gasteiger partial charge in [-0.05, 0) is 12.8 Å². The number of carbonyl (C=O) groups excluding carboxylic acids is 1. The van der Waals surface area contributed by atoms with Gasteiger partial charge in [0.05, 0.1) is 13.2 Å². The third-order valence-electron chi connectivity index (χ3n) is 3.46. The number of guanidine groups is 1. The van der Waals surface area contributed by atoms with E-state index in [0.29, 0.717) is 38.3 Å². The molecule has 0 aromatic heterocycles. The quantitative estimate of drug-likeness (QED) is 0.535. The molecule has 2 aliphatic rings. The molecule has 0 spiro atoms. The smallest absolute Gasteiger partial charge is 0.244 e. The van der Waals surface area contributed by atoms with Gasteiger partial charge < -0.3 is 20.7 Å². The van der Waals surface area contributed by atoms with Gasteiger partial charge in [-0.1, -0.05) is 12.8 Å². The SMILES string of the molecule is NC(=NCC(=O)N1CCOCC1)NC1CCCC1. The lowest BCUT2D eigenvalue weighted by Gasteiger charge is -2.26. The first kappa shape index (κ1) is 13.1. The number of amides is 1. The van der Waals surface area contributed by atoms with Crippen molar-refractivity contribution in [1.82, 2.24) is 10.2 Å². The third kappa shape index (κ3) is 3.87. The van der Waals surface area contributed by atoms with Gasteiger partial charge in [-0.3, -0.25) is 4.79 Å². The Morgan fingerprint density at radius 1 is 1.33 bits per heavy atom. The van der Waals surface area contributed by atoms with Crippen molar-refractivity contribution < 1.29 is 9.53 Å². The monoisotopic (exact) mass is 254 g/mol. The molecule has 102 valence electrons. The van der Waals surface area contributed by atoms with Crippen LogP contribution in [0.4, 0.5) is 0 Å². The number of nitrogens with zero attached hydrogens (tertiary/aromatic N) is 2. The van der Waals surface area contributed by atoms with Crippen molar-refractivity contribution in [1.29, 1.82) is 0 Å². The Hall–Kier alpha value is -1.30. The van der Waals surface area contributed by atoms with Crippen LogP contribution in [-0.2, 0) is 9.53 Å². The zero-order chi connectivity index (χ0) is 12.8. The lowest BCUT2D eigenvalue weighted by atomic mass is 10.2. The molecule has 1 aliphatic heterocycles. The predicted octanol–water partition coefficient (Wildman–Crippen LogP) is -0.308. The van der Waals surface area contributed by atoms with Crippen molar-refractivity contribution in [2.45, 2.75) is 31.7 Å². The number of nitrogens with two attached hydrogens (primary N) is 1. The molecule has 1 aliphatic carbocycles. The zero-order valence-electron chi connectivity index (χ0n) is 10.7. The molecule has 0 unspecified atom stereocenters. The molecule has 0 aromatic rings. The molecular weight excluding hydrogens is 232 g/mol. The molecule has 3 N–H and O–H groups in total. The minimum atomic E-state index is 0.0227. The summed E-state index contributed by atoms with van der Waals surface area (Å²) in [4.78, 5) is 17.7. The van der Waals surface area contributed by atoms with Crippen LogP contribution in [0.5, 0.6) is 0 Å². The highest BCUT2D eigenvalue weighted by Gasteiger charge is 2.17. The molecule has 2 rings (SSSR count). The van der Waals surface area contributed by atoms with Gasteiger partial charge in [0.25, 0.3) is 0 Å². The Kier molecular flexibility index (Phi) is 4.81. The summed E-state index contributed by atoms with van der Waals surface area (Å²) in [5, 5.41) is 3.17. The minimum absolute atomic E-state index is 0.0227. The summed E-state index contributed by atoms with van der Waals surface area (Å²) in [6.45, 7) is 2.68. The fraction of sp³-hybridized carbons (Fsp3) is 0.833. The largest absolute Gasteiger partial charge is 0.378 e. The zero-order valence-corrected chi connectivity index (χ0v) is 10.7. The van der Waals surface area contributed by atoms with Crippen LogP contribution in [0.15, 0.2) is 4.99 Å². The molecule has 18 heavy (non-hydrogen) atoms. The first-order chi connectivity index (χ1) is 8.75. The van der Waals surface area contributed by atoms with Crippen molar-refractivity contribution in [2.75, 3.05) is 32.8 Å². The molecular formula is C12H22N4O2. The second-order valence-electron chi connectivity index (χ2n) is 4.82. The third-order valence-corrected chi connectivity index (χ3v) is 3.46. The molecule has 0 radical (unpaired) electrons. The first-order valence-electron chi connectivity index (χ1n) is 6.67. The van der Waals surface area contributed by atoms with Gasteiger partial charge in [0.15, 0.2) is 5.96 Å². The van der Waals surface area contributed by atoms with Gasteiger partial charge in [-0.15, -0.1) is 0 Å².